The molecule has 2 N–H and O–H groups in total. The van der Waals surface area contributed by atoms with Gasteiger partial charge >= 0.3 is 12.0 Å². The first-order chi connectivity index (χ1) is 14.2. The Hall–Kier alpha value is -3.54. The molecule has 0 aliphatic carbocycles. The van der Waals surface area contributed by atoms with Crippen LogP contribution in [0.5, 0.6) is 0 Å². The molecule has 6 heteroatoms. The molecule has 3 aromatic rings. The fourth-order valence-corrected chi connectivity index (χ4v) is 3.61. The zero-order chi connectivity index (χ0) is 20.2. The Balaban J connectivity index is 1.63. The third-order valence-electron chi connectivity index (χ3n) is 5.01. The Morgan fingerprint density at radius 2 is 1.86 bits per heavy atom. The van der Waals surface area contributed by atoms with Crippen LogP contribution < -0.4 is 5.32 Å². The van der Waals surface area contributed by atoms with Crippen LogP contribution in [-0.2, 0) is 22.5 Å². The summed E-state index contributed by atoms with van der Waals surface area (Å²) in [5.41, 5.74) is 4.10. The number of carbonyl (C=O) groups is 2. The number of carbonyl (C=O) groups excluding carboxylic acids is 2. The van der Waals surface area contributed by atoms with Gasteiger partial charge in [0.2, 0.25) is 0 Å². The molecule has 6 nitrogen and oxygen atoms in total. The van der Waals surface area contributed by atoms with E-state index >= 15 is 0 Å². The lowest BCUT2D eigenvalue weighted by Crippen LogP contribution is -2.37. The monoisotopic (exact) mass is 389 g/mol. The van der Waals surface area contributed by atoms with E-state index in [1.54, 1.807) is 18.0 Å². The number of nitrogens with zero attached hydrogens (tertiary/aromatic N) is 1. The first-order valence-corrected chi connectivity index (χ1v) is 9.74. The van der Waals surface area contributed by atoms with E-state index in [4.69, 9.17) is 4.74 Å². The van der Waals surface area contributed by atoms with Crippen molar-refractivity contribution in [3.8, 4) is 0 Å². The Kier molecular flexibility index (Phi) is 5.33. The zero-order valence-electron chi connectivity index (χ0n) is 16.3. The summed E-state index contributed by atoms with van der Waals surface area (Å²) in [7, 11) is 0. The molecule has 1 aliphatic rings. The maximum atomic E-state index is 12.8. The molecule has 0 fully saturated rings. The number of urea groups is 1. The summed E-state index contributed by atoms with van der Waals surface area (Å²) in [6.07, 6.45) is 2.23. The first kappa shape index (κ1) is 18.8. The number of aromatic nitrogens is 1. The average Bonchev–Trinajstić information content (AvgIpc) is 3.00. The summed E-state index contributed by atoms with van der Waals surface area (Å²) in [6.45, 7) is 2.93. The van der Waals surface area contributed by atoms with Gasteiger partial charge in [-0.05, 0) is 30.5 Å². The molecular weight excluding hydrogens is 366 g/mol. The highest BCUT2D eigenvalue weighted by molar-refractivity contribution is 6.18. The van der Waals surface area contributed by atoms with Crippen LogP contribution in [0.4, 0.5) is 4.79 Å². The minimum atomic E-state index is -0.442. The van der Waals surface area contributed by atoms with Crippen molar-refractivity contribution in [3.05, 3.63) is 77.6 Å². The number of ether oxygens (including phenoxy) is 1. The van der Waals surface area contributed by atoms with Crippen LogP contribution in [0.2, 0.25) is 0 Å². The second kappa shape index (κ2) is 8.22. The lowest BCUT2D eigenvalue weighted by atomic mass is 10.0. The van der Waals surface area contributed by atoms with Crippen LogP contribution in [0.1, 0.15) is 23.7 Å². The molecule has 0 atom stereocenters. The van der Waals surface area contributed by atoms with E-state index in [9.17, 15) is 9.59 Å². The number of amides is 2. The Labute approximate surface area is 169 Å². The van der Waals surface area contributed by atoms with Crippen molar-refractivity contribution in [2.45, 2.75) is 19.9 Å². The second-order valence-electron chi connectivity index (χ2n) is 6.88. The molecule has 2 amide bonds. The summed E-state index contributed by atoms with van der Waals surface area (Å²) >= 11 is 0. The van der Waals surface area contributed by atoms with Gasteiger partial charge in [-0.3, -0.25) is 4.90 Å². The predicted octanol–water partition coefficient (Wildman–Crippen LogP) is 3.84. The van der Waals surface area contributed by atoms with E-state index < -0.39 is 5.97 Å². The fourth-order valence-electron chi connectivity index (χ4n) is 3.61. The zero-order valence-corrected chi connectivity index (χ0v) is 16.3. The third kappa shape index (κ3) is 3.87. The van der Waals surface area contributed by atoms with Gasteiger partial charge in [0, 0.05) is 30.2 Å². The SMILES string of the molecule is CCOC(=O)C1=CN(C(=O)NCc2ccccc2)CCc2c1[nH]c1ccccc21. The van der Waals surface area contributed by atoms with E-state index in [1.165, 1.54) is 0 Å². The molecule has 2 aromatic carbocycles. The molecular formula is C23H23N3O3. The van der Waals surface area contributed by atoms with Crippen LogP contribution in [-0.4, -0.2) is 35.0 Å². The number of benzene rings is 2. The minimum absolute atomic E-state index is 0.245. The normalized spacial score (nSPS) is 13.4. The number of esters is 1. The number of nitrogens with one attached hydrogen (secondary N) is 2. The summed E-state index contributed by atoms with van der Waals surface area (Å²) < 4.78 is 5.26. The minimum Gasteiger partial charge on any atom is -0.462 e. The number of aromatic amines is 1. The maximum absolute atomic E-state index is 12.8. The molecule has 0 unspecified atom stereocenters. The van der Waals surface area contributed by atoms with Crippen molar-refractivity contribution in [2.75, 3.05) is 13.2 Å². The molecule has 0 spiro atoms. The van der Waals surface area contributed by atoms with Crippen molar-refractivity contribution < 1.29 is 14.3 Å². The van der Waals surface area contributed by atoms with Crippen LogP contribution in [0.3, 0.4) is 0 Å². The van der Waals surface area contributed by atoms with Crippen LogP contribution in [0.15, 0.2) is 60.8 Å². The summed E-state index contributed by atoms with van der Waals surface area (Å²) in [5, 5.41) is 3.98. The molecule has 1 aliphatic heterocycles. The molecule has 148 valence electrons. The van der Waals surface area contributed by atoms with Gasteiger partial charge in [-0.2, -0.15) is 0 Å². The summed E-state index contributed by atoms with van der Waals surface area (Å²) in [6, 6.07) is 17.4. The number of hydrogen-bond acceptors (Lipinski definition) is 3. The number of rotatable bonds is 4. The smallest absolute Gasteiger partial charge is 0.341 e. The molecule has 0 bridgehead atoms. The highest BCUT2D eigenvalue weighted by Crippen LogP contribution is 2.31. The molecule has 4 rings (SSSR count). The number of fused-ring (bicyclic) bond motifs is 3. The maximum Gasteiger partial charge on any atom is 0.341 e. The lowest BCUT2D eigenvalue weighted by Gasteiger charge is -2.18. The van der Waals surface area contributed by atoms with Gasteiger partial charge in [-0.25, -0.2) is 9.59 Å². The van der Waals surface area contributed by atoms with Crippen molar-refractivity contribution >= 4 is 28.5 Å². The Morgan fingerprint density at radius 1 is 1.10 bits per heavy atom. The fraction of sp³-hybridized carbons (Fsp3) is 0.217. The van der Waals surface area contributed by atoms with Crippen LogP contribution >= 0.6 is 0 Å². The predicted molar refractivity (Wildman–Crippen MR) is 112 cm³/mol. The van der Waals surface area contributed by atoms with Gasteiger partial charge in [0.1, 0.15) is 0 Å². The summed E-state index contributed by atoms with van der Waals surface area (Å²) in [4.78, 5) is 30.4. The Bertz CT molecular complexity index is 1070. The third-order valence-corrected chi connectivity index (χ3v) is 5.01. The first-order valence-electron chi connectivity index (χ1n) is 9.74. The quantitative estimate of drug-likeness (QED) is 0.666. The molecule has 0 radical (unpaired) electrons. The van der Waals surface area contributed by atoms with Gasteiger partial charge in [-0.15, -0.1) is 0 Å². The molecule has 0 saturated heterocycles. The molecule has 1 aromatic heterocycles. The lowest BCUT2D eigenvalue weighted by molar-refractivity contribution is -0.136. The highest BCUT2D eigenvalue weighted by atomic mass is 16.5. The Morgan fingerprint density at radius 3 is 2.66 bits per heavy atom. The molecule has 0 saturated carbocycles. The van der Waals surface area contributed by atoms with Gasteiger partial charge < -0.3 is 15.0 Å². The number of para-hydroxylation sites is 1. The standard InChI is InChI=1S/C23H23N3O3/c1-2-29-22(27)19-15-26(23(28)24-14-16-8-4-3-5-9-16)13-12-18-17-10-6-7-11-20(17)25-21(18)19/h3-11,15,25H,2,12-14H2,1H3,(H,24,28). The summed E-state index contributed by atoms with van der Waals surface area (Å²) in [5.74, 6) is -0.442. The number of hydrogen-bond donors (Lipinski definition) is 2. The van der Waals surface area contributed by atoms with Crippen molar-refractivity contribution in [3.63, 3.8) is 0 Å². The topological polar surface area (TPSA) is 74.4 Å². The largest absolute Gasteiger partial charge is 0.462 e. The van der Waals surface area contributed by atoms with E-state index in [2.05, 4.69) is 10.3 Å². The van der Waals surface area contributed by atoms with Crippen molar-refractivity contribution in [1.29, 1.82) is 0 Å². The van der Waals surface area contributed by atoms with Gasteiger partial charge in [0.05, 0.1) is 17.9 Å². The van der Waals surface area contributed by atoms with E-state index in [0.717, 1.165) is 27.7 Å². The number of H-pyrrole nitrogens is 1. The van der Waals surface area contributed by atoms with Crippen LogP contribution in [0, 0.1) is 0 Å². The van der Waals surface area contributed by atoms with E-state index in [-0.39, 0.29) is 12.6 Å². The van der Waals surface area contributed by atoms with Gasteiger partial charge in [0.25, 0.3) is 0 Å². The van der Waals surface area contributed by atoms with Gasteiger partial charge in [-0.1, -0.05) is 48.5 Å². The van der Waals surface area contributed by atoms with E-state index in [1.807, 2.05) is 54.6 Å². The average molecular weight is 389 g/mol. The van der Waals surface area contributed by atoms with Crippen molar-refractivity contribution in [2.24, 2.45) is 0 Å². The molecule has 2 heterocycles. The van der Waals surface area contributed by atoms with Gasteiger partial charge in [0.15, 0.2) is 0 Å². The highest BCUT2D eigenvalue weighted by Gasteiger charge is 2.27. The molecule has 29 heavy (non-hydrogen) atoms. The van der Waals surface area contributed by atoms with Crippen LogP contribution in [0.25, 0.3) is 16.5 Å². The van der Waals surface area contributed by atoms with Crippen molar-refractivity contribution in [1.82, 2.24) is 15.2 Å². The van der Waals surface area contributed by atoms with E-state index in [0.29, 0.717) is 25.1 Å². The second-order valence-corrected chi connectivity index (χ2v) is 6.88.